The maximum Gasteiger partial charge on any atom is 0.239 e. The normalized spacial score (nSPS) is 11.6. The van der Waals surface area contributed by atoms with Crippen molar-refractivity contribution >= 4 is 47.2 Å². The van der Waals surface area contributed by atoms with Crippen LogP contribution in [0.15, 0.2) is 10.4 Å². The molecule has 0 aliphatic carbocycles. The largest absolute Gasteiger partial charge is 0.350 e. The molecule has 0 fully saturated rings. The number of halogens is 1. The summed E-state index contributed by atoms with van der Waals surface area (Å²) in [7, 11) is 3.62. The molecule has 0 spiro atoms. The van der Waals surface area contributed by atoms with Gasteiger partial charge in [-0.3, -0.25) is 9.79 Å². The van der Waals surface area contributed by atoms with Crippen molar-refractivity contribution in [3.63, 3.8) is 0 Å². The minimum absolute atomic E-state index is 0. The number of thiazole rings is 1. The zero-order valence-corrected chi connectivity index (χ0v) is 17.2. The number of amides is 1. The van der Waals surface area contributed by atoms with Gasteiger partial charge < -0.3 is 15.5 Å². The predicted molar refractivity (Wildman–Crippen MR) is 103 cm³/mol. The van der Waals surface area contributed by atoms with Crippen LogP contribution in [0.2, 0.25) is 0 Å². The monoisotopic (exact) mass is 439 g/mol. The summed E-state index contributed by atoms with van der Waals surface area (Å²) >= 11 is 1.63. The van der Waals surface area contributed by atoms with Crippen molar-refractivity contribution in [1.29, 1.82) is 0 Å². The van der Waals surface area contributed by atoms with Crippen molar-refractivity contribution in [2.75, 3.05) is 20.6 Å². The lowest BCUT2D eigenvalue weighted by molar-refractivity contribution is -0.121. The molecule has 6 nitrogen and oxygen atoms in total. The summed E-state index contributed by atoms with van der Waals surface area (Å²) in [6, 6.07) is 0. The summed E-state index contributed by atoms with van der Waals surface area (Å²) in [6.07, 6.45) is 0. The second-order valence-corrected chi connectivity index (χ2v) is 6.98. The fourth-order valence-corrected chi connectivity index (χ4v) is 2.41. The number of nitrogens with zero attached hydrogens (tertiary/aromatic N) is 3. The van der Waals surface area contributed by atoms with Gasteiger partial charge in [0.25, 0.3) is 0 Å². The Hall–Kier alpha value is -0.900. The number of hydrogen-bond acceptors (Lipinski definition) is 4. The molecule has 2 N–H and O–H groups in total. The van der Waals surface area contributed by atoms with Gasteiger partial charge in [-0.2, -0.15) is 0 Å². The highest BCUT2D eigenvalue weighted by molar-refractivity contribution is 14.0. The van der Waals surface area contributed by atoms with Crippen LogP contribution in [0.5, 0.6) is 0 Å². The van der Waals surface area contributed by atoms with E-state index in [0.29, 0.717) is 12.5 Å². The Morgan fingerprint density at radius 1 is 1.45 bits per heavy atom. The molecule has 1 rings (SSSR count). The van der Waals surface area contributed by atoms with Crippen molar-refractivity contribution < 1.29 is 4.79 Å². The Balaban J connectivity index is 0.00000441. The van der Waals surface area contributed by atoms with Crippen molar-refractivity contribution in [2.24, 2.45) is 4.99 Å². The molecule has 0 unspecified atom stereocenters. The maximum absolute atomic E-state index is 11.8. The van der Waals surface area contributed by atoms with Crippen LogP contribution in [0.1, 0.15) is 31.5 Å². The van der Waals surface area contributed by atoms with Crippen LogP contribution in [-0.2, 0) is 11.3 Å². The van der Waals surface area contributed by atoms with E-state index in [0.717, 1.165) is 10.7 Å². The zero-order valence-electron chi connectivity index (χ0n) is 14.1. The molecule has 1 aromatic rings. The number of aryl methyl sites for hydroxylation is 1. The number of guanidine groups is 1. The molecule has 1 aromatic heterocycles. The fourth-order valence-electron chi connectivity index (χ4n) is 1.81. The third-order valence-corrected chi connectivity index (χ3v) is 3.38. The molecule has 0 aliphatic rings. The SMILES string of the molecule is CN=C(NCC(=O)NC(C)(C)C)N(C)Cc1csc(C)n1.I. The number of aromatic nitrogens is 1. The minimum atomic E-state index is -0.230. The van der Waals surface area contributed by atoms with E-state index in [1.165, 1.54) is 0 Å². The van der Waals surface area contributed by atoms with Crippen LogP contribution >= 0.6 is 35.3 Å². The summed E-state index contributed by atoms with van der Waals surface area (Å²) in [5, 5.41) is 9.04. The van der Waals surface area contributed by atoms with E-state index in [2.05, 4.69) is 20.6 Å². The molecule has 0 saturated heterocycles. The summed E-state index contributed by atoms with van der Waals surface area (Å²) in [5.74, 6) is 0.617. The molecule has 0 saturated carbocycles. The van der Waals surface area contributed by atoms with Gasteiger partial charge in [0.2, 0.25) is 5.91 Å². The highest BCUT2D eigenvalue weighted by Crippen LogP contribution is 2.09. The molecule has 1 amide bonds. The Morgan fingerprint density at radius 3 is 2.55 bits per heavy atom. The second kappa shape index (κ2) is 9.29. The third kappa shape index (κ3) is 7.92. The highest BCUT2D eigenvalue weighted by atomic mass is 127. The lowest BCUT2D eigenvalue weighted by Crippen LogP contribution is -2.48. The number of carbonyl (C=O) groups excluding carboxylic acids is 1. The number of hydrogen-bond donors (Lipinski definition) is 2. The molecule has 0 aromatic carbocycles. The molecular weight excluding hydrogens is 413 g/mol. The molecule has 8 heteroatoms. The number of nitrogens with one attached hydrogen (secondary N) is 2. The average Bonchev–Trinajstić information content (AvgIpc) is 2.73. The first-order valence-corrected chi connectivity index (χ1v) is 7.73. The molecule has 126 valence electrons. The Bertz CT molecular complexity index is 510. The van der Waals surface area contributed by atoms with Crippen molar-refractivity contribution in [1.82, 2.24) is 20.5 Å². The van der Waals surface area contributed by atoms with Gasteiger partial charge in [-0.25, -0.2) is 4.98 Å². The first-order valence-electron chi connectivity index (χ1n) is 6.85. The van der Waals surface area contributed by atoms with Gasteiger partial charge in [-0.15, -0.1) is 35.3 Å². The molecule has 0 bridgehead atoms. The lowest BCUT2D eigenvalue weighted by atomic mass is 10.1. The second-order valence-electron chi connectivity index (χ2n) is 5.91. The van der Waals surface area contributed by atoms with Crippen LogP contribution in [0.3, 0.4) is 0 Å². The van der Waals surface area contributed by atoms with Gasteiger partial charge in [0.15, 0.2) is 5.96 Å². The Kier molecular flexibility index (Phi) is 8.91. The summed E-state index contributed by atoms with van der Waals surface area (Å²) in [6.45, 7) is 8.70. The van der Waals surface area contributed by atoms with Crippen LogP contribution in [-0.4, -0.2) is 47.9 Å². The number of rotatable bonds is 4. The Morgan fingerprint density at radius 2 is 2.09 bits per heavy atom. The minimum Gasteiger partial charge on any atom is -0.350 e. The first kappa shape index (κ1) is 21.1. The van der Waals surface area contributed by atoms with E-state index >= 15 is 0 Å². The van der Waals surface area contributed by atoms with Crippen molar-refractivity contribution in [3.8, 4) is 0 Å². The molecule has 0 aliphatic heterocycles. The van der Waals surface area contributed by atoms with Crippen molar-refractivity contribution in [2.45, 2.75) is 39.8 Å². The van der Waals surface area contributed by atoms with Gasteiger partial charge in [0, 0.05) is 25.0 Å². The van der Waals surface area contributed by atoms with E-state index in [1.54, 1.807) is 18.4 Å². The quantitative estimate of drug-likeness (QED) is 0.428. The zero-order chi connectivity index (χ0) is 16.0. The molecule has 1 heterocycles. The maximum atomic E-state index is 11.8. The van der Waals surface area contributed by atoms with Crippen LogP contribution in [0.25, 0.3) is 0 Å². The van der Waals surface area contributed by atoms with Crippen molar-refractivity contribution in [3.05, 3.63) is 16.1 Å². The van der Waals surface area contributed by atoms with Crippen LogP contribution in [0.4, 0.5) is 0 Å². The fraction of sp³-hybridized carbons (Fsp3) is 0.643. The molecule has 0 atom stereocenters. The van der Waals surface area contributed by atoms with Gasteiger partial charge in [0.1, 0.15) is 0 Å². The topological polar surface area (TPSA) is 69.6 Å². The average molecular weight is 439 g/mol. The summed E-state index contributed by atoms with van der Waals surface area (Å²) < 4.78 is 0. The standard InChI is InChI=1S/C14H25N5OS.HI/c1-10-17-11(9-21-10)8-19(6)13(15-5)16-7-12(20)18-14(2,3)4;/h9H,7-8H2,1-6H3,(H,15,16)(H,18,20);1H. The summed E-state index contributed by atoms with van der Waals surface area (Å²) in [5.41, 5.74) is 0.772. The Labute approximate surface area is 153 Å². The smallest absolute Gasteiger partial charge is 0.239 e. The van der Waals surface area contributed by atoms with E-state index in [1.807, 2.05) is 45.0 Å². The molecule has 0 radical (unpaired) electrons. The van der Waals surface area contributed by atoms with E-state index in [9.17, 15) is 4.79 Å². The number of aliphatic imine (C=N–C) groups is 1. The summed E-state index contributed by atoms with van der Waals surface area (Å²) in [4.78, 5) is 22.4. The van der Waals surface area contributed by atoms with Gasteiger partial charge in [-0.1, -0.05) is 0 Å². The molecule has 22 heavy (non-hydrogen) atoms. The van der Waals surface area contributed by atoms with Crippen LogP contribution in [0, 0.1) is 6.92 Å². The number of carbonyl (C=O) groups is 1. The van der Waals surface area contributed by atoms with E-state index < -0.39 is 0 Å². The van der Waals surface area contributed by atoms with Gasteiger partial charge in [-0.05, 0) is 27.7 Å². The third-order valence-electron chi connectivity index (χ3n) is 2.56. The predicted octanol–water partition coefficient (Wildman–Crippen LogP) is 1.99. The lowest BCUT2D eigenvalue weighted by Gasteiger charge is -2.23. The van der Waals surface area contributed by atoms with Crippen LogP contribution < -0.4 is 10.6 Å². The first-order chi connectivity index (χ1) is 9.71. The van der Waals surface area contributed by atoms with E-state index in [4.69, 9.17) is 0 Å². The van der Waals surface area contributed by atoms with Gasteiger partial charge in [0.05, 0.1) is 23.8 Å². The van der Waals surface area contributed by atoms with E-state index in [-0.39, 0.29) is 42.0 Å². The highest BCUT2D eigenvalue weighted by Gasteiger charge is 2.15. The molecular formula is C14H26IN5OS. The van der Waals surface area contributed by atoms with Gasteiger partial charge >= 0.3 is 0 Å².